The van der Waals surface area contributed by atoms with Gasteiger partial charge in [-0.05, 0) is 17.7 Å². The van der Waals surface area contributed by atoms with Crippen molar-refractivity contribution >= 4 is 11.7 Å². The Labute approximate surface area is 133 Å². The maximum atomic E-state index is 12.1. The lowest BCUT2D eigenvalue weighted by atomic mass is 10.1. The monoisotopic (exact) mass is 309 g/mol. The molecule has 0 saturated carbocycles. The van der Waals surface area contributed by atoms with Crippen molar-refractivity contribution in [3.05, 3.63) is 60.9 Å². The van der Waals surface area contributed by atoms with Gasteiger partial charge >= 0.3 is 0 Å². The molecule has 0 aliphatic carbocycles. The quantitative estimate of drug-likeness (QED) is 0.778. The van der Waals surface area contributed by atoms with Crippen molar-refractivity contribution in [3.63, 3.8) is 0 Å². The molecule has 0 saturated heterocycles. The van der Waals surface area contributed by atoms with Gasteiger partial charge < -0.3 is 10.1 Å². The number of rotatable bonds is 5. The van der Waals surface area contributed by atoms with Gasteiger partial charge in [0.25, 0.3) is 0 Å². The zero-order valence-corrected chi connectivity index (χ0v) is 12.5. The lowest BCUT2D eigenvalue weighted by Crippen LogP contribution is -2.15. The first kappa shape index (κ1) is 14.7. The highest BCUT2D eigenvalue weighted by Crippen LogP contribution is 2.14. The lowest BCUT2D eigenvalue weighted by Gasteiger charge is -2.07. The van der Waals surface area contributed by atoms with E-state index in [1.54, 1.807) is 36.5 Å². The smallest absolute Gasteiger partial charge is 0.229 e. The van der Waals surface area contributed by atoms with E-state index in [2.05, 4.69) is 20.3 Å². The number of ether oxygens (including phenoxy) is 1. The molecule has 1 amide bonds. The number of hydrogen-bond donors (Lipinski definition) is 1. The Morgan fingerprint density at radius 1 is 1.30 bits per heavy atom. The van der Waals surface area contributed by atoms with E-state index in [4.69, 9.17) is 4.74 Å². The summed E-state index contributed by atoms with van der Waals surface area (Å²) in [6.45, 7) is 0. The number of hydrogen-bond acceptors (Lipinski definition) is 5. The summed E-state index contributed by atoms with van der Waals surface area (Å²) in [5.41, 5.74) is 0.866. The Kier molecular flexibility index (Phi) is 4.28. The molecule has 0 bridgehead atoms. The maximum absolute atomic E-state index is 12.1. The maximum Gasteiger partial charge on any atom is 0.229 e. The Hall–Kier alpha value is -3.22. The summed E-state index contributed by atoms with van der Waals surface area (Å²) in [4.78, 5) is 24.3. The highest BCUT2D eigenvalue weighted by Gasteiger charge is 2.07. The van der Waals surface area contributed by atoms with Crippen LogP contribution in [0.15, 0.2) is 55.4 Å². The molecule has 2 aromatic heterocycles. The van der Waals surface area contributed by atoms with Gasteiger partial charge in [-0.25, -0.2) is 15.0 Å². The second-order valence-electron chi connectivity index (χ2n) is 4.81. The van der Waals surface area contributed by atoms with Crippen LogP contribution in [0.3, 0.4) is 0 Å². The molecule has 1 aromatic carbocycles. The Bertz CT molecular complexity index is 802. The fourth-order valence-corrected chi connectivity index (χ4v) is 2.11. The molecule has 7 heteroatoms. The SMILES string of the molecule is COc1cccc(CC(=O)Nc2cc(-n3ccnc3)ncn2)c1. The summed E-state index contributed by atoms with van der Waals surface area (Å²) in [7, 11) is 1.59. The number of anilines is 1. The van der Waals surface area contributed by atoms with E-state index >= 15 is 0 Å². The number of benzene rings is 1. The minimum absolute atomic E-state index is 0.159. The molecule has 3 aromatic rings. The molecule has 0 aliphatic rings. The number of carbonyl (C=O) groups excluding carboxylic acids is 1. The van der Waals surface area contributed by atoms with Gasteiger partial charge in [-0.2, -0.15) is 0 Å². The number of aromatic nitrogens is 4. The van der Waals surface area contributed by atoms with Gasteiger partial charge in [0, 0.05) is 18.5 Å². The van der Waals surface area contributed by atoms with Gasteiger partial charge in [0.1, 0.15) is 30.0 Å². The van der Waals surface area contributed by atoms with Crippen molar-refractivity contribution < 1.29 is 9.53 Å². The average molecular weight is 309 g/mol. The average Bonchev–Trinajstić information content (AvgIpc) is 3.09. The zero-order valence-electron chi connectivity index (χ0n) is 12.5. The van der Waals surface area contributed by atoms with Crippen molar-refractivity contribution in [1.82, 2.24) is 19.5 Å². The summed E-state index contributed by atoms with van der Waals surface area (Å²) in [6, 6.07) is 9.08. The van der Waals surface area contributed by atoms with Crippen molar-refractivity contribution in [2.24, 2.45) is 0 Å². The molecular weight excluding hydrogens is 294 g/mol. The number of methoxy groups -OCH3 is 1. The number of imidazole rings is 1. The van der Waals surface area contributed by atoms with E-state index < -0.39 is 0 Å². The van der Waals surface area contributed by atoms with E-state index in [-0.39, 0.29) is 12.3 Å². The van der Waals surface area contributed by atoms with E-state index in [0.29, 0.717) is 11.6 Å². The first-order chi connectivity index (χ1) is 11.2. The summed E-state index contributed by atoms with van der Waals surface area (Å²) < 4.78 is 6.89. The number of amides is 1. The van der Waals surface area contributed by atoms with E-state index in [1.807, 2.05) is 24.3 Å². The Morgan fingerprint density at radius 2 is 2.22 bits per heavy atom. The molecule has 0 unspecified atom stereocenters. The van der Waals surface area contributed by atoms with Crippen LogP contribution in [0.2, 0.25) is 0 Å². The van der Waals surface area contributed by atoms with E-state index in [0.717, 1.165) is 11.3 Å². The summed E-state index contributed by atoms with van der Waals surface area (Å²) in [6.07, 6.45) is 6.69. The van der Waals surface area contributed by atoms with Crippen molar-refractivity contribution in [2.75, 3.05) is 12.4 Å². The molecule has 0 radical (unpaired) electrons. The number of nitrogens with zero attached hydrogens (tertiary/aromatic N) is 4. The molecule has 0 spiro atoms. The summed E-state index contributed by atoms with van der Waals surface area (Å²) >= 11 is 0. The Morgan fingerprint density at radius 3 is 3.00 bits per heavy atom. The van der Waals surface area contributed by atoms with Crippen molar-refractivity contribution in [1.29, 1.82) is 0 Å². The van der Waals surface area contributed by atoms with Gasteiger partial charge in [-0.15, -0.1) is 0 Å². The number of nitrogens with one attached hydrogen (secondary N) is 1. The third-order valence-electron chi connectivity index (χ3n) is 3.19. The van der Waals surface area contributed by atoms with E-state index in [9.17, 15) is 4.79 Å². The van der Waals surface area contributed by atoms with Crippen LogP contribution in [0.5, 0.6) is 5.75 Å². The second-order valence-corrected chi connectivity index (χ2v) is 4.81. The second kappa shape index (κ2) is 6.69. The van der Waals surface area contributed by atoms with Gasteiger partial charge in [0.2, 0.25) is 5.91 Å². The van der Waals surface area contributed by atoms with Gasteiger partial charge in [-0.3, -0.25) is 9.36 Å². The first-order valence-corrected chi connectivity index (χ1v) is 6.98. The van der Waals surface area contributed by atoms with Crippen LogP contribution in [0.25, 0.3) is 5.82 Å². The molecule has 7 nitrogen and oxygen atoms in total. The van der Waals surface area contributed by atoms with Crippen LogP contribution < -0.4 is 10.1 Å². The lowest BCUT2D eigenvalue weighted by molar-refractivity contribution is -0.115. The van der Waals surface area contributed by atoms with Crippen molar-refractivity contribution in [2.45, 2.75) is 6.42 Å². The molecule has 23 heavy (non-hydrogen) atoms. The fourth-order valence-electron chi connectivity index (χ4n) is 2.11. The minimum Gasteiger partial charge on any atom is -0.497 e. The minimum atomic E-state index is -0.159. The van der Waals surface area contributed by atoms with Crippen LogP contribution >= 0.6 is 0 Å². The number of carbonyl (C=O) groups is 1. The molecule has 0 aliphatic heterocycles. The predicted octanol–water partition coefficient (Wildman–Crippen LogP) is 1.85. The van der Waals surface area contributed by atoms with Gasteiger partial charge in [-0.1, -0.05) is 12.1 Å². The highest BCUT2D eigenvalue weighted by atomic mass is 16.5. The summed E-state index contributed by atoms with van der Waals surface area (Å²) in [5, 5.41) is 2.77. The zero-order chi connectivity index (χ0) is 16.1. The van der Waals surface area contributed by atoms with Crippen LogP contribution in [-0.4, -0.2) is 32.5 Å². The molecular formula is C16H15N5O2. The molecule has 0 atom stereocenters. The molecule has 0 fully saturated rings. The predicted molar refractivity (Wildman–Crippen MR) is 84.5 cm³/mol. The topological polar surface area (TPSA) is 81.9 Å². The first-order valence-electron chi connectivity index (χ1n) is 6.98. The van der Waals surface area contributed by atoms with Crippen LogP contribution in [0, 0.1) is 0 Å². The molecule has 116 valence electrons. The summed E-state index contributed by atoms with van der Waals surface area (Å²) in [5.74, 6) is 1.64. The fraction of sp³-hybridized carbons (Fsp3) is 0.125. The highest BCUT2D eigenvalue weighted by molar-refractivity contribution is 5.91. The third kappa shape index (κ3) is 3.70. The van der Waals surface area contributed by atoms with Crippen LogP contribution in [0.1, 0.15) is 5.56 Å². The molecule has 2 heterocycles. The Balaban J connectivity index is 1.69. The van der Waals surface area contributed by atoms with Crippen molar-refractivity contribution in [3.8, 4) is 11.6 Å². The third-order valence-corrected chi connectivity index (χ3v) is 3.19. The largest absolute Gasteiger partial charge is 0.497 e. The molecule has 1 N–H and O–H groups in total. The van der Waals surface area contributed by atoms with E-state index in [1.165, 1.54) is 6.33 Å². The van der Waals surface area contributed by atoms with Crippen LogP contribution in [-0.2, 0) is 11.2 Å². The van der Waals surface area contributed by atoms with Gasteiger partial charge in [0.15, 0.2) is 0 Å². The van der Waals surface area contributed by atoms with Crippen LogP contribution in [0.4, 0.5) is 5.82 Å². The van der Waals surface area contributed by atoms with Gasteiger partial charge in [0.05, 0.1) is 13.5 Å². The standard InChI is InChI=1S/C16H15N5O2/c1-23-13-4-2-3-12(7-13)8-16(22)20-14-9-15(19-10-18-14)21-6-5-17-11-21/h2-7,9-11H,8H2,1H3,(H,18,19,20,22). The normalized spacial score (nSPS) is 10.3. The molecule has 3 rings (SSSR count).